The summed E-state index contributed by atoms with van der Waals surface area (Å²) in [6.45, 7) is 1.77. The van der Waals surface area contributed by atoms with Crippen LogP contribution in [0.3, 0.4) is 0 Å². The SMILES string of the molecule is Nc1cnc(C(C=O)(c2ccccc2)N2CCCC2)[nH]1. The molecule has 0 saturated carbocycles. The molecule has 1 atom stereocenters. The second-order valence-electron chi connectivity index (χ2n) is 5.13. The number of hydrogen-bond acceptors (Lipinski definition) is 4. The van der Waals surface area contributed by atoms with Gasteiger partial charge in [-0.05, 0) is 31.5 Å². The summed E-state index contributed by atoms with van der Waals surface area (Å²) in [7, 11) is 0. The highest BCUT2D eigenvalue weighted by molar-refractivity contribution is 5.73. The zero-order chi connectivity index (χ0) is 14.0. The van der Waals surface area contributed by atoms with Crippen molar-refractivity contribution in [2.45, 2.75) is 18.4 Å². The number of aromatic nitrogens is 2. The Morgan fingerprint density at radius 2 is 1.95 bits per heavy atom. The van der Waals surface area contributed by atoms with Gasteiger partial charge in [0.05, 0.1) is 6.20 Å². The van der Waals surface area contributed by atoms with Crippen LogP contribution in [-0.4, -0.2) is 34.2 Å². The number of aromatic amines is 1. The molecule has 0 amide bonds. The highest BCUT2D eigenvalue weighted by Gasteiger charge is 2.43. The van der Waals surface area contributed by atoms with Gasteiger partial charge in [-0.2, -0.15) is 0 Å². The van der Waals surface area contributed by atoms with Crippen molar-refractivity contribution in [2.75, 3.05) is 18.8 Å². The van der Waals surface area contributed by atoms with E-state index in [4.69, 9.17) is 5.73 Å². The molecule has 1 fully saturated rings. The minimum atomic E-state index is -0.866. The van der Waals surface area contributed by atoms with Gasteiger partial charge in [-0.15, -0.1) is 0 Å². The highest BCUT2D eigenvalue weighted by Crippen LogP contribution is 2.35. The van der Waals surface area contributed by atoms with E-state index in [2.05, 4.69) is 14.9 Å². The normalized spacial score (nSPS) is 18.8. The molecule has 0 radical (unpaired) electrons. The van der Waals surface area contributed by atoms with Crippen molar-refractivity contribution in [1.82, 2.24) is 14.9 Å². The molecule has 5 heteroatoms. The molecule has 2 aromatic rings. The number of aldehydes is 1. The Morgan fingerprint density at radius 3 is 2.50 bits per heavy atom. The first-order valence-electron chi connectivity index (χ1n) is 6.85. The number of nitrogens with one attached hydrogen (secondary N) is 1. The lowest BCUT2D eigenvalue weighted by atomic mass is 9.88. The van der Waals surface area contributed by atoms with Gasteiger partial charge in [-0.3, -0.25) is 4.90 Å². The number of nitrogen functional groups attached to an aromatic ring is 1. The number of nitrogens with two attached hydrogens (primary N) is 1. The number of nitrogens with zero attached hydrogens (tertiary/aromatic N) is 2. The average Bonchev–Trinajstić information content (AvgIpc) is 3.14. The molecule has 1 aromatic carbocycles. The van der Waals surface area contributed by atoms with Crippen molar-refractivity contribution >= 4 is 12.1 Å². The van der Waals surface area contributed by atoms with Crippen molar-refractivity contribution in [3.05, 3.63) is 47.9 Å². The third-order valence-corrected chi connectivity index (χ3v) is 3.95. The first kappa shape index (κ1) is 12.9. The fourth-order valence-electron chi connectivity index (χ4n) is 2.96. The van der Waals surface area contributed by atoms with Gasteiger partial charge in [0.1, 0.15) is 11.6 Å². The predicted molar refractivity (Wildman–Crippen MR) is 77.1 cm³/mol. The lowest BCUT2D eigenvalue weighted by Gasteiger charge is -2.36. The molecule has 1 unspecified atom stereocenters. The maximum Gasteiger partial charge on any atom is 0.161 e. The monoisotopic (exact) mass is 270 g/mol. The molecule has 3 rings (SSSR count). The Hall–Kier alpha value is -2.14. The van der Waals surface area contributed by atoms with E-state index in [0.29, 0.717) is 11.6 Å². The third-order valence-electron chi connectivity index (χ3n) is 3.95. The number of H-pyrrole nitrogens is 1. The van der Waals surface area contributed by atoms with Crippen molar-refractivity contribution in [3.63, 3.8) is 0 Å². The fraction of sp³-hybridized carbons (Fsp3) is 0.333. The van der Waals surface area contributed by atoms with E-state index in [0.717, 1.165) is 37.8 Å². The van der Waals surface area contributed by atoms with E-state index in [1.54, 1.807) is 6.20 Å². The van der Waals surface area contributed by atoms with Crippen LogP contribution in [0.4, 0.5) is 5.82 Å². The van der Waals surface area contributed by atoms with Gasteiger partial charge in [-0.25, -0.2) is 4.98 Å². The van der Waals surface area contributed by atoms with Crippen LogP contribution in [0.2, 0.25) is 0 Å². The lowest BCUT2D eigenvalue weighted by Crippen LogP contribution is -2.47. The number of anilines is 1. The molecule has 3 N–H and O–H groups in total. The highest BCUT2D eigenvalue weighted by atomic mass is 16.1. The molecule has 104 valence electrons. The Labute approximate surface area is 117 Å². The van der Waals surface area contributed by atoms with Gasteiger partial charge in [0.25, 0.3) is 0 Å². The molecule has 1 aliphatic rings. The molecular weight excluding hydrogens is 252 g/mol. The van der Waals surface area contributed by atoms with Crippen LogP contribution in [0.15, 0.2) is 36.5 Å². The Bertz CT molecular complexity index is 589. The van der Waals surface area contributed by atoms with Crippen LogP contribution >= 0.6 is 0 Å². The first-order chi connectivity index (χ1) is 9.77. The molecule has 1 saturated heterocycles. The second kappa shape index (κ2) is 5.09. The van der Waals surface area contributed by atoms with Crippen molar-refractivity contribution < 1.29 is 4.79 Å². The number of hydrogen-bond donors (Lipinski definition) is 2. The van der Waals surface area contributed by atoms with Gasteiger partial charge in [0.2, 0.25) is 0 Å². The molecule has 0 spiro atoms. The summed E-state index contributed by atoms with van der Waals surface area (Å²) in [5.74, 6) is 1.07. The van der Waals surface area contributed by atoms with E-state index < -0.39 is 5.54 Å². The molecule has 0 aliphatic carbocycles. The molecule has 0 bridgehead atoms. The standard InChI is InChI=1S/C15H18N4O/c16-13-10-17-14(18-13)15(11-20,19-8-4-5-9-19)12-6-2-1-3-7-12/h1-3,6-7,10-11H,4-5,8-9,16H2,(H,17,18). The van der Waals surface area contributed by atoms with Crippen LogP contribution in [0.1, 0.15) is 24.2 Å². The summed E-state index contributed by atoms with van der Waals surface area (Å²) in [5.41, 5.74) is 5.81. The van der Waals surface area contributed by atoms with Gasteiger partial charge < -0.3 is 15.5 Å². The number of imidazole rings is 1. The van der Waals surface area contributed by atoms with Crippen molar-refractivity contribution in [1.29, 1.82) is 0 Å². The zero-order valence-electron chi connectivity index (χ0n) is 11.2. The molecule has 1 aliphatic heterocycles. The Morgan fingerprint density at radius 1 is 1.25 bits per heavy atom. The number of rotatable bonds is 4. The third kappa shape index (κ3) is 1.91. The van der Waals surface area contributed by atoms with E-state index in [1.807, 2.05) is 30.3 Å². The average molecular weight is 270 g/mol. The Kier molecular flexibility index (Phi) is 3.28. The number of likely N-dealkylation sites (tertiary alicyclic amines) is 1. The smallest absolute Gasteiger partial charge is 0.161 e. The second-order valence-corrected chi connectivity index (χ2v) is 5.13. The van der Waals surface area contributed by atoms with Gasteiger partial charge in [0, 0.05) is 0 Å². The van der Waals surface area contributed by atoms with Gasteiger partial charge in [-0.1, -0.05) is 30.3 Å². The summed E-state index contributed by atoms with van der Waals surface area (Å²) >= 11 is 0. The predicted octanol–water partition coefficient (Wildman–Crippen LogP) is 1.53. The quantitative estimate of drug-likeness (QED) is 0.826. The minimum Gasteiger partial charge on any atom is -0.384 e. The summed E-state index contributed by atoms with van der Waals surface area (Å²) in [4.78, 5) is 21.6. The van der Waals surface area contributed by atoms with E-state index in [-0.39, 0.29) is 0 Å². The fourth-order valence-corrected chi connectivity index (χ4v) is 2.96. The molecule has 20 heavy (non-hydrogen) atoms. The summed E-state index contributed by atoms with van der Waals surface area (Å²) in [6, 6.07) is 9.75. The first-order valence-corrected chi connectivity index (χ1v) is 6.85. The molecule has 1 aromatic heterocycles. The molecule has 5 nitrogen and oxygen atoms in total. The Balaban J connectivity index is 2.17. The number of benzene rings is 1. The van der Waals surface area contributed by atoms with Gasteiger partial charge in [0.15, 0.2) is 11.8 Å². The van der Waals surface area contributed by atoms with Crippen LogP contribution in [-0.2, 0) is 10.3 Å². The number of carbonyl (C=O) groups is 1. The van der Waals surface area contributed by atoms with Crippen LogP contribution in [0, 0.1) is 0 Å². The van der Waals surface area contributed by atoms with Crippen LogP contribution in [0.25, 0.3) is 0 Å². The maximum absolute atomic E-state index is 12.1. The van der Waals surface area contributed by atoms with E-state index in [9.17, 15) is 4.79 Å². The molecular formula is C15H18N4O. The number of carbonyl (C=O) groups excluding carboxylic acids is 1. The van der Waals surface area contributed by atoms with Crippen LogP contribution in [0.5, 0.6) is 0 Å². The topological polar surface area (TPSA) is 75.0 Å². The van der Waals surface area contributed by atoms with Crippen molar-refractivity contribution in [3.8, 4) is 0 Å². The summed E-state index contributed by atoms with van der Waals surface area (Å²) in [5, 5.41) is 0. The summed E-state index contributed by atoms with van der Waals surface area (Å²) in [6.07, 6.45) is 4.73. The zero-order valence-corrected chi connectivity index (χ0v) is 11.2. The maximum atomic E-state index is 12.1. The van der Waals surface area contributed by atoms with Crippen LogP contribution < -0.4 is 5.73 Å². The molecule has 2 heterocycles. The summed E-state index contributed by atoms with van der Waals surface area (Å²) < 4.78 is 0. The van der Waals surface area contributed by atoms with Crippen molar-refractivity contribution in [2.24, 2.45) is 0 Å². The van der Waals surface area contributed by atoms with Gasteiger partial charge >= 0.3 is 0 Å². The van der Waals surface area contributed by atoms with E-state index >= 15 is 0 Å². The lowest BCUT2D eigenvalue weighted by molar-refractivity contribution is -0.116. The van der Waals surface area contributed by atoms with E-state index in [1.165, 1.54) is 0 Å². The minimum absolute atomic E-state index is 0.473. The largest absolute Gasteiger partial charge is 0.384 e.